The third kappa shape index (κ3) is 1.91. The van der Waals surface area contributed by atoms with Crippen molar-refractivity contribution in [2.45, 2.75) is 13.3 Å². The molecule has 0 spiro atoms. The molecule has 13 heavy (non-hydrogen) atoms. The van der Waals surface area contributed by atoms with E-state index in [-0.39, 0.29) is 0 Å². The predicted molar refractivity (Wildman–Crippen MR) is 51.7 cm³/mol. The summed E-state index contributed by atoms with van der Waals surface area (Å²) >= 11 is 1.56. The van der Waals surface area contributed by atoms with Crippen molar-refractivity contribution < 1.29 is 24.7 Å². The van der Waals surface area contributed by atoms with Gasteiger partial charge in [0.15, 0.2) is 0 Å². The van der Waals surface area contributed by atoms with E-state index in [0.717, 1.165) is 6.42 Å². The van der Waals surface area contributed by atoms with Crippen molar-refractivity contribution >= 4 is 5.57 Å². The van der Waals surface area contributed by atoms with Gasteiger partial charge >= 0.3 is 94.5 Å². The molecule has 2 rings (SSSR count). The zero-order valence-electron chi connectivity index (χ0n) is 7.67. The van der Waals surface area contributed by atoms with Gasteiger partial charge in [-0.25, -0.2) is 0 Å². The number of hydrogen-bond donors (Lipinski definition) is 0. The molecule has 0 aliphatic heterocycles. The first-order valence-electron chi connectivity index (χ1n) is 4.45. The second-order valence-electron chi connectivity index (χ2n) is 3.37. The van der Waals surface area contributed by atoms with Crippen LogP contribution in [0.15, 0.2) is 45.3 Å². The molecule has 1 heteroatoms. The van der Waals surface area contributed by atoms with Crippen LogP contribution in [0.4, 0.5) is 0 Å². The molecule has 0 fully saturated rings. The van der Waals surface area contributed by atoms with Gasteiger partial charge in [-0.15, -0.1) is 0 Å². The van der Waals surface area contributed by atoms with Crippen LogP contribution in [0.3, 0.4) is 0 Å². The Morgan fingerprint density at radius 3 is 2.38 bits per heavy atom. The van der Waals surface area contributed by atoms with Crippen molar-refractivity contribution in [1.82, 2.24) is 0 Å². The Labute approximate surface area is 94.2 Å². The van der Waals surface area contributed by atoms with Crippen molar-refractivity contribution in [2.24, 2.45) is 0 Å². The van der Waals surface area contributed by atoms with Gasteiger partial charge in [0.1, 0.15) is 0 Å². The molecule has 1 aliphatic rings. The summed E-state index contributed by atoms with van der Waals surface area (Å²) < 4.78 is 1.59. The van der Waals surface area contributed by atoms with Gasteiger partial charge in [-0.2, -0.15) is 0 Å². The molecule has 0 unspecified atom stereocenters. The van der Waals surface area contributed by atoms with E-state index >= 15 is 0 Å². The van der Waals surface area contributed by atoms with Gasteiger partial charge in [-0.1, -0.05) is 0 Å². The molecule has 0 bridgehead atoms. The van der Waals surface area contributed by atoms with Gasteiger partial charge in [0, 0.05) is 0 Å². The van der Waals surface area contributed by atoms with Gasteiger partial charge in [0.25, 0.3) is 0 Å². The van der Waals surface area contributed by atoms with Gasteiger partial charge in [-0.05, 0) is 0 Å². The van der Waals surface area contributed by atoms with E-state index in [2.05, 4.69) is 43.3 Å². The van der Waals surface area contributed by atoms with E-state index in [1.807, 2.05) is 0 Å². The Morgan fingerprint density at radius 1 is 1.15 bits per heavy atom. The first kappa shape index (κ1) is 9.15. The Balaban J connectivity index is 2.29. The third-order valence-electron chi connectivity index (χ3n) is 2.38. The number of hydrogen-bond acceptors (Lipinski definition) is 0. The fourth-order valence-corrected chi connectivity index (χ4v) is 2.21. The van der Waals surface area contributed by atoms with Crippen molar-refractivity contribution in [1.29, 1.82) is 0 Å². The minimum absolute atomic E-state index is 1.16. The first-order valence-corrected chi connectivity index (χ1v) is 5.67. The molecule has 0 amide bonds. The van der Waals surface area contributed by atoms with E-state index in [1.54, 1.807) is 28.0 Å². The van der Waals surface area contributed by atoms with Gasteiger partial charge in [0.05, 0.1) is 0 Å². The molecule has 1 aromatic carbocycles. The van der Waals surface area contributed by atoms with Crippen LogP contribution in [0, 0.1) is 0 Å². The molecule has 0 heterocycles. The van der Waals surface area contributed by atoms with Crippen molar-refractivity contribution in [3.8, 4) is 0 Å². The van der Waals surface area contributed by atoms with Crippen LogP contribution in [0.2, 0.25) is 0 Å². The molecule has 0 atom stereocenters. The summed E-state index contributed by atoms with van der Waals surface area (Å²) in [7, 11) is 0. The Kier molecular flexibility index (Phi) is 2.64. The molecular weight excluding hydrogens is 235 g/mol. The molecule has 0 radical (unpaired) electrons. The minimum atomic E-state index is 1.16. The Bertz CT molecular complexity index is 371. The quantitative estimate of drug-likeness (QED) is 0.713. The summed E-state index contributed by atoms with van der Waals surface area (Å²) in [6.45, 7) is 2.21. The molecule has 0 nitrogen and oxygen atoms in total. The molecule has 63 valence electrons. The zero-order chi connectivity index (χ0) is 9.26. The van der Waals surface area contributed by atoms with Gasteiger partial charge in [0.2, 0.25) is 0 Å². The van der Waals surface area contributed by atoms with Crippen LogP contribution in [0.5, 0.6) is 0 Å². The molecular formula is C12H11Zr. The summed E-state index contributed by atoms with van der Waals surface area (Å²) in [5.74, 6) is 0. The first-order chi connectivity index (χ1) is 6.27. The fraction of sp³-hybridized carbons (Fsp3) is 0.167. The monoisotopic (exact) mass is 245 g/mol. The maximum atomic E-state index is 2.32. The molecule has 0 saturated carbocycles. The fourth-order valence-electron chi connectivity index (χ4n) is 1.57. The van der Waals surface area contributed by atoms with E-state index in [0.29, 0.717) is 0 Å². The topological polar surface area (TPSA) is 0 Å². The van der Waals surface area contributed by atoms with Gasteiger partial charge in [-0.3, -0.25) is 0 Å². The second-order valence-corrected chi connectivity index (χ2v) is 4.86. The number of benzene rings is 1. The van der Waals surface area contributed by atoms with E-state index < -0.39 is 0 Å². The Hall–Kier alpha value is -0.417. The second kappa shape index (κ2) is 3.76. The van der Waals surface area contributed by atoms with Gasteiger partial charge < -0.3 is 0 Å². The summed E-state index contributed by atoms with van der Waals surface area (Å²) in [6, 6.07) is 10.7. The summed E-state index contributed by atoms with van der Waals surface area (Å²) in [5.41, 5.74) is 4.32. The Morgan fingerprint density at radius 2 is 1.85 bits per heavy atom. The SMILES string of the molecule is CC1=[C]([Zr])CC(c2ccccc2)=C1. The van der Waals surface area contributed by atoms with E-state index in [1.165, 1.54) is 16.7 Å². The van der Waals surface area contributed by atoms with Crippen LogP contribution < -0.4 is 0 Å². The molecule has 0 saturated heterocycles. The van der Waals surface area contributed by atoms with Crippen LogP contribution in [-0.4, -0.2) is 0 Å². The summed E-state index contributed by atoms with van der Waals surface area (Å²) in [4.78, 5) is 0. The summed E-state index contributed by atoms with van der Waals surface area (Å²) in [6.07, 6.45) is 3.48. The number of allylic oxidation sites excluding steroid dienone is 4. The summed E-state index contributed by atoms with van der Waals surface area (Å²) in [5, 5.41) is 0. The molecule has 1 aromatic rings. The average molecular weight is 246 g/mol. The van der Waals surface area contributed by atoms with E-state index in [4.69, 9.17) is 0 Å². The zero-order valence-corrected chi connectivity index (χ0v) is 10.1. The maximum absolute atomic E-state index is 2.32. The van der Waals surface area contributed by atoms with Crippen molar-refractivity contribution in [2.75, 3.05) is 0 Å². The predicted octanol–water partition coefficient (Wildman–Crippen LogP) is 3.29. The van der Waals surface area contributed by atoms with Crippen molar-refractivity contribution in [3.05, 3.63) is 50.8 Å². The van der Waals surface area contributed by atoms with Crippen LogP contribution >= 0.6 is 0 Å². The standard InChI is InChI=1S/C12H11.Zr/c1-10-7-8-12(9-10)11-5-3-2-4-6-11;/h2-6,9H,8H2,1H3;. The molecule has 1 aliphatic carbocycles. The van der Waals surface area contributed by atoms with Crippen LogP contribution in [-0.2, 0) is 24.7 Å². The van der Waals surface area contributed by atoms with Crippen molar-refractivity contribution in [3.63, 3.8) is 0 Å². The normalized spacial score (nSPS) is 16.2. The average Bonchev–Trinajstić information content (AvgIpc) is 2.49. The van der Waals surface area contributed by atoms with Crippen LogP contribution in [0.25, 0.3) is 5.57 Å². The molecule has 0 N–H and O–H groups in total. The third-order valence-corrected chi connectivity index (χ3v) is 3.78. The van der Waals surface area contributed by atoms with Crippen LogP contribution in [0.1, 0.15) is 18.9 Å². The van der Waals surface area contributed by atoms with E-state index in [9.17, 15) is 0 Å². The molecule has 0 aromatic heterocycles. The number of rotatable bonds is 1.